The van der Waals surface area contributed by atoms with Crippen molar-refractivity contribution in [1.82, 2.24) is 0 Å². The van der Waals surface area contributed by atoms with Gasteiger partial charge in [-0.3, -0.25) is 4.79 Å². The van der Waals surface area contributed by atoms with Crippen molar-refractivity contribution in [2.45, 2.75) is 12.0 Å². The van der Waals surface area contributed by atoms with E-state index in [1.165, 1.54) is 0 Å². The lowest BCUT2D eigenvalue weighted by atomic mass is 10.1. The second-order valence-corrected chi connectivity index (χ2v) is 4.83. The molecule has 1 unspecified atom stereocenters. The molecular formula is C16H16ClNO2. The molecule has 3 nitrogen and oxygen atoms in total. The van der Waals surface area contributed by atoms with E-state index in [9.17, 15) is 4.79 Å². The topological polar surface area (TPSA) is 38.3 Å². The van der Waals surface area contributed by atoms with Gasteiger partial charge in [-0.15, -0.1) is 11.6 Å². The molecule has 2 aromatic rings. The number of benzene rings is 2. The molecule has 1 atom stereocenters. The first-order chi connectivity index (χ1) is 9.70. The minimum atomic E-state index is -0.706. The van der Waals surface area contributed by atoms with Crippen molar-refractivity contribution >= 4 is 23.2 Å². The van der Waals surface area contributed by atoms with Crippen molar-refractivity contribution in [3.8, 4) is 0 Å². The van der Waals surface area contributed by atoms with Crippen molar-refractivity contribution in [2.24, 2.45) is 0 Å². The number of hydrogen-bond donors (Lipinski definition) is 1. The van der Waals surface area contributed by atoms with Gasteiger partial charge in [0.25, 0.3) is 0 Å². The normalized spacial score (nSPS) is 11.9. The third-order valence-corrected chi connectivity index (χ3v) is 3.28. The molecule has 4 heteroatoms. The molecule has 1 amide bonds. The number of ether oxygens (including phenoxy) is 1. The van der Waals surface area contributed by atoms with Crippen LogP contribution < -0.4 is 5.32 Å². The van der Waals surface area contributed by atoms with Crippen molar-refractivity contribution in [3.63, 3.8) is 0 Å². The summed E-state index contributed by atoms with van der Waals surface area (Å²) in [4.78, 5) is 12.1. The predicted molar refractivity (Wildman–Crippen MR) is 80.8 cm³/mol. The average molecular weight is 290 g/mol. The van der Waals surface area contributed by atoms with Gasteiger partial charge < -0.3 is 10.1 Å². The summed E-state index contributed by atoms with van der Waals surface area (Å²) in [6.45, 7) is 0.507. The van der Waals surface area contributed by atoms with Crippen LogP contribution in [0.1, 0.15) is 16.5 Å². The average Bonchev–Trinajstić information content (AvgIpc) is 2.48. The van der Waals surface area contributed by atoms with Crippen LogP contribution in [0.15, 0.2) is 54.6 Å². The van der Waals surface area contributed by atoms with E-state index in [4.69, 9.17) is 16.3 Å². The molecule has 0 aliphatic heterocycles. The van der Waals surface area contributed by atoms with Crippen molar-refractivity contribution in [2.75, 3.05) is 12.4 Å². The number of nitrogens with one attached hydrogen (secondary N) is 1. The molecule has 0 spiro atoms. The Labute approximate surface area is 123 Å². The highest BCUT2D eigenvalue weighted by atomic mass is 35.5. The van der Waals surface area contributed by atoms with E-state index in [0.717, 1.165) is 11.1 Å². The minimum Gasteiger partial charge on any atom is -0.380 e. The third kappa shape index (κ3) is 3.83. The smallest absolute Gasteiger partial charge is 0.246 e. The van der Waals surface area contributed by atoms with E-state index in [1.54, 1.807) is 7.11 Å². The van der Waals surface area contributed by atoms with Gasteiger partial charge in [0.1, 0.15) is 5.38 Å². The zero-order chi connectivity index (χ0) is 14.4. The molecule has 0 radical (unpaired) electrons. The molecule has 104 valence electrons. The number of amides is 1. The second-order valence-electron chi connectivity index (χ2n) is 4.40. The summed E-state index contributed by atoms with van der Waals surface area (Å²) in [7, 11) is 1.63. The van der Waals surface area contributed by atoms with E-state index < -0.39 is 5.38 Å². The van der Waals surface area contributed by atoms with Gasteiger partial charge in [-0.05, 0) is 23.3 Å². The number of carbonyl (C=O) groups is 1. The molecule has 0 aromatic heterocycles. The van der Waals surface area contributed by atoms with Crippen LogP contribution in [-0.2, 0) is 16.1 Å². The minimum absolute atomic E-state index is 0.243. The highest BCUT2D eigenvalue weighted by Crippen LogP contribution is 2.22. The third-order valence-electron chi connectivity index (χ3n) is 2.83. The zero-order valence-corrected chi connectivity index (χ0v) is 11.9. The molecule has 0 fully saturated rings. The summed E-state index contributed by atoms with van der Waals surface area (Å²) < 4.78 is 5.07. The monoisotopic (exact) mass is 289 g/mol. The molecule has 2 rings (SSSR count). The molecule has 0 heterocycles. The van der Waals surface area contributed by atoms with Gasteiger partial charge in [-0.2, -0.15) is 0 Å². The maximum absolute atomic E-state index is 12.1. The Hall–Kier alpha value is -1.84. The Morgan fingerprint density at radius 2 is 1.95 bits per heavy atom. The first kappa shape index (κ1) is 14.6. The van der Waals surface area contributed by atoms with E-state index in [0.29, 0.717) is 12.3 Å². The number of hydrogen-bond acceptors (Lipinski definition) is 2. The second kappa shape index (κ2) is 7.08. The van der Waals surface area contributed by atoms with Gasteiger partial charge in [0.15, 0.2) is 0 Å². The lowest BCUT2D eigenvalue weighted by Crippen LogP contribution is -2.17. The lowest BCUT2D eigenvalue weighted by Gasteiger charge is -2.11. The van der Waals surface area contributed by atoms with E-state index >= 15 is 0 Å². The maximum atomic E-state index is 12.1. The Balaban J connectivity index is 2.06. The fourth-order valence-corrected chi connectivity index (χ4v) is 2.08. The Morgan fingerprint density at radius 1 is 1.20 bits per heavy atom. The fourth-order valence-electron chi connectivity index (χ4n) is 1.88. The van der Waals surface area contributed by atoms with Crippen LogP contribution in [0.5, 0.6) is 0 Å². The van der Waals surface area contributed by atoms with Crippen LogP contribution in [0.4, 0.5) is 5.69 Å². The van der Waals surface area contributed by atoms with Crippen LogP contribution in [0.3, 0.4) is 0 Å². The number of alkyl halides is 1. The van der Waals surface area contributed by atoms with Crippen molar-refractivity contribution < 1.29 is 9.53 Å². The van der Waals surface area contributed by atoms with Gasteiger partial charge in [-0.25, -0.2) is 0 Å². The molecule has 1 N–H and O–H groups in total. The van der Waals surface area contributed by atoms with Crippen LogP contribution in [-0.4, -0.2) is 13.0 Å². The summed E-state index contributed by atoms with van der Waals surface area (Å²) in [6, 6.07) is 16.8. The van der Waals surface area contributed by atoms with Gasteiger partial charge in [0.2, 0.25) is 5.91 Å². The summed E-state index contributed by atoms with van der Waals surface area (Å²) in [6.07, 6.45) is 0. The van der Waals surface area contributed by atoms with Gasteiger partial charge >= 0.3 is 0 Å². The number of halogens is 1. The number of rotatable bonds is 5. The SMILES string of the molecule is COCc1cccc(NC(=O)C(Cl)c2ccccc2)c1. The number of carbonyl (C=O) groups excluding carboxylic acids is 1. The molecule has 0 bridgehead atoms. The first-order valence-corrected chi connectivity index (χ1v) is 6.72. The Morgan fingerprint density at radius 3 is 2.65 bits per heavy atom. The van der Waals surface area contributed by atoms with Crippen LogP contribution >= 0.6 is 11.6 Å². The van der Waals surface area contributed by atoms with Gasteiger partial charge in [-0.1, -0.05) is 42.5 Å². The predicted octanol–water partition coefficient (Wildman–Crippen LogP) is 3.75. The molecule has 0 aliphatic rings. The standard InChI is InChI=1S/C16H16ClNO2/c1-20-11-12-6-5-9-14(10-12)18-16(19)15(17)13-7-3-2-4-8-13/h2-10,15H,11H2,1H3,(H,18,19). The highest BCUT2D eigenvalue weighted by molar-refractivity contribution is 6.32. The molecule has 20 heavy (non-hydrogen) atoms. The summed E-state index contributed by atoms with van der Waals surface area (Å²) >= 11 is 6.17. The van der Waals surface area contributed by atoms with E-state index in [2.05, 4.69) is 5.32 Å². The van der Waals surface area contributed by atoms with Crippen molar-refractivity contribution in [3.05, 3.63) is 65.7 Å². The van der Waals surface area contributed by atoms with Crippen LogP contribution in [0, 0.1) is 0 Å². The summed E-state index contributed by atoms with van der Waals surface area (Å²) in [5.74, 6) is -0.243. The fraction of sp³-hybridized carbons (Fsp3) is 0.188. The quantitative estimate of drug-likeness (QED) is 0.851. The number of methoxy groups -OCH3 is 1. The highest BCUT2D eigenvalue weighted by Gasteiger charge is 2.17. The van der Waals surface area contributed by atoms with E-state index in [1.807, 2.05) is 54.6 Å². The molecule has 0 saturated heterocycles. The van der Waals surface area contributed by atoms with E-state index in [-0.39, 0.29) is 5.91 Å². The first-order valence-electron chi connectivity index (χ1n) is 6.28. The zero-order valence-electron chi connectivity index (χ0n) is 11.2. The Bertz CT molecular complexity index is 572. The summed E-state index contributed by atoms with van der Waals surface area (Å²) in [5.41, 5.74) is 2.49. The van der Waals surface area contributed by atoms with Crippen LogP contribution in [0.25, 0.3) is 0 Å². The van der Waals surface area contributed by atoms with Crippen molar-refractivity contribution in [1.29, 1.82) is 0 Å². The van der Waals surface area contributed by atoms with Gasteiger partial charge in [0.05, 0.1) is 6.61 Å². The largest absolute Gasteiger partial charge is 0.380 e. The molecule has 0 saturated carbocycles. The summed E-state index contributed by atoms with van der Waals surface area (Å²) in [5, 5.41) is 2.11. The lowest BCUT2D eigenvalue weighted by molar-refractivity contribution is -0.116. The molecular weight excluding hydrogens is 274 g/mol. The van der Waals surface area contributed by atoms with Crippen LogP contribution in [0.2, 0.25) is 0 Å². The maximum Gasteiger partial charge on any atom is 0.246 e. The molecule has 0 aliphatic carbocycles. The Kier molecular flexibility index (Phi) is 5.16. The van der Waals surface area contributed by atoms with Gasteiger partial charge in [0, 0.05) is 12.8 Å². The molecule has 2 aromatic carbocycles. The number of anilines is 1.